The van der Waals surface area contributed by atoms with E-state index in [2.05, 4.69) is 6.92 Å². The molecule has 0 aliphatic heterocycles. The molecule has 0 radical (unpaired) electrons. The number of thioether (sulfide) groups is 1. The molecule has 0 heterocycles. The molecule has 32 heavy (non-hydrogen) atoms. The second kappa shape index (κ2) is 10.7. The predicted octanol–water partition coefficient (Wildman–Crippen LogP) is 4.26. The molecule has 2 aliphatic rings. The van der Waals surface area contributed by atoms with E-state index in [0.29, 0.717) is 23.5 Å². The van der Waals surface area contributed by atoms with E-state index in [1.807, 2.05) is 24.3 Å². The highest BCUT2D eigenvalue weighted by Gasteiger charge is 2.38. The predicted molar refractivity (Wildman–Crippen MR) is 123 cm³/mol. The maximum Gasteiger partial charge on any atom is 0.337 e. The Labute approximate surface area is 193 Å². The number of ether oxygens (including phenoxy) is 2. The molecule has 0 bridgehead atoms. The Morgan fingerprint density at radius 1 is 1.28 bits per heavy atom. The number of hydrogen-bond donors (Lipinski definition) is 2. The number of aliphatic hydroxyl groups is 2. The highest BCUT2D eigenvalue weighted by atomic mass is 32.2. The number of benzene rings is 1. The van der Waals surface area contributed by atoms with Crippen LogP contribution in [0.2, 0.25) is 0 Å². The highest BCUT2D eigenvalue weighted by molar-refractivity contribution is 7.99. The maximum atomic E-state index is 11.6. The highest BCUT2D eigenvalue weighted by Crippen LogP contribution is 2.44. The van der Waals surface area contributed by atoms with E-state index in [4.69, 9.17) is 9.47 Å². The molecule has 7 heteroatoms. The zero-order chi connectivity index (χ0) is 23.3. The first-order chi connectivity index (χ1) is 15.2. The first-order valence-electron chi connectivity index (χ1n) is 11.0. The summed E-state index contributed by atoms with van der Waals surface area (Å²) in [6, 6.07) is 7.10. The lowest BCUT2D eigenvalue weighted by Gasteiger charge is -2.42. The van der Waals surface area contributed by atoms with Crippen molar-refractivity contribution in [1.82, 2.24) is 0 Å². The van der Waals surface area contributed by atoms with E-state index in [1.165, 1.54) is 14.0 Å². The number of hydrogen-bond acceptors (Lipinski definition) is 7. The standard InChI is InChI=1S/C25H32O6S/c1-16(26)31-22-14-21(27)19(6-4-7-23(28)25(2)12-5-13-25)20(22)15-32-18-10-8-17(9-11-18)24(29)30-3/h4,6,8-11,19,21,23,27-28H,5,7,12-15H2,1-3H3/b6-4+/t19-,21?,23?/m1/s1. The molecule has 1 fully saturated rings. The number of carbonyl (C=O) groups excluding carboxylic acids is 2. The molecule has 3 atom stereocenters. The van der Waals surface area contributed by atoms with Crippen molar-refractivity contribution in [2.45, 2.75) is 63.1 Å². The van der Waals surface area contributed by atoms with Crippen LogP contribution in [0.15, 0.2) is 52.6 Å². The Balaban J connectivity index is 1.69. The van der Waals surface area contributed by atoms with Gasteiger partial charge in [-0.1, -0.05) is 25.5 Å². The van der Waals surface area contributed by atoms with Crippen molar-refractivity contribution < 1.29 is 29.3 Å². The van der Waals surface area contributed by atoms with Crippen LogP contribution in [-0.4, -0.2) is 47.2 Å². The topological polar surface area (TPSA) is 93.1 Å². The molecule has 1 aromatic carbocycles. The van der Waals surface area contributed by atoms with Crippen LogP contribution in [-0.2, 0) is 14.3 Å². The summed E-state index contributed by atoms with van der Waals surface area (Å²) in [6.07, 6.45) is 6.88. The van der Waals surface area contributed by atoms with E-state index in [1.54, 1.807) is 23.9 Å². The van der Waals surface area contributed by atoms with Crippen LogP contribution in [0.25, 0.3) is 0 Å². The fourth-order valence-electron chi connectivity index (χ4n) is 4.24. The molecule has 174 valence electrons. The van der Waals surface area contributed by atoms with Gasteiger partial charge in [0.1, 0.15) is 5.76 Å². The van der Waals surface area contributed by atoms with E-state index in [0.717, 1.165) is 29.7 Å². The summed E-state index contributed by atoms with van der Waals surface area (Å²) in [5.41, 5.74) is 1.34. The van der Waals surface area contributed by atoms with Gasteiger partial charge in [0.05, 0.1) is 24.9 Å². The average molecular weight is 461 g/mol. The molecule has 2 N–H and O–H groups in total. The molecule has 2 aliphatic carbocycles. The second-order valence-corrected chi connectivity index (χ2v) is 9.88. The quantitative estimate of drug-likeness (QED) is 0.323. The van der Waals surface area contributed by atoms with Crippen LogP contribution in [0, 0.1) is 11.3 Å². The number of aliphatic hydroxyl groups excluding tert-OH is 2. The van der Waals surface area contributed by atoms with Gasteiger partial charge in [0.15, 0.2) is 0 Å². The van der Waals surface area contributed by atoms with Crippen LogP contribution in [0.5, 0.6) is 0 Å². The van der Waals surface area contributed by atoms with Gasteiger partial charge in [0.2, 0.25) is 0 Å². The zero-order valence-electron chi connectivity index (χ0n) is 18.9. The van der Waals surface area contributed by atoms with Crippen LogP contribution in [0.1, 0.15) is 56.3 Å². The fourth-order valence-corrected chi connectivity index (χ4v) is 5.24. The van der Waals surface area contributed by atoms with Gasteiger partial charge in [-0.15, -0.1) is 11.8 Å². The van der Waals surface area contributed by atoms with Gasteiger partial charge < -0.3 is 19.7 Å². The minimum atomic E-state index is -0.672. The summed E-state index contributed by atoms with van der Waals surface area (Å²) in [7, 11) is 1.35. The third kappa shape index (κ3) is 5.82. The SMILES string of the molecule is COC(=O)c1ccc(SCC2=C(OC(C)=O)CC(O)[C@@H]2/C=C/CC(O)C2(C)CCC2)cc1. The number of carbonyl (C=O) groups is 2. The fraction of sp³-hybridized carbons (Fsp3) is 0.520. The summed E-state index contributed by atoms with van der Waals surface area (Å²) in [6.45, 7) is 3.47. The lowest BCUT2D eigenvalue weighted by molar-refractivity contribution is -0.137. The monoisotopic (exact) mass is 460 g/mol. The molecule has 6 nitrogen and oxygen atoms in total. The molecule has 0 saturated heterocycles. The largest absolute Gasteiger partial charge is 0.465 e. The Hall–Kier alpha value is -2.09. The average Bonchev–Trinajstić information content (AvgIpc) is 3.03. The Bertz CT molecular complexity index is 884. The number of esters is 2. The van der Waals surface area contributed by atoms with Crippen LogP contribution < -0.4 is 0 Å². The van der Waals surface area contributed by atoms with Crippen LogP contribution in [0.3, 0.4) is 0 Å². The smallest absolute Gasteiger partial charge is 0.337 e. The van der Waals surface area contributed by atoms with Crippen LogP contribution >= 0.6 is 11.8 Å². The van der Waals surface area contributed by atoms with Crippen molar-refractivity contribution in [3.8, 4) is 0 Å². The van der Waals surface area contributed by atoms with Gasteiger partial charge >= 0.3 is 11.9 Å². The molecule has 2 unspecified atom stereocenters. The van der Waals surface area contributed by atoms with E-state index in [9.17, 15) is 19.8 Å². The summed E-state index contributed by atoms with van der Waals surface area (Å²) in [5.74, 6) is -0.0111. The van der Waals surface area contributed by atoms with Crippen LogP contribution in [0.4, 0.5) is 0 Å². The number of rotatable bonds is 9. The first-order valence-corrected chi connectivity index (χ1v) is 12.0. The number of methoxy groups -OCH3 is 1. The Kier molecular flexibility index (Phi) is 8.20. The lowest BCUT2D eigenvalue weighted by atomic mass is 9.66. The van der Waals surface area contributed by atoms with Gasteiger partial charge in [-0.25, -0.2) is 4.79 Å². The third-order valence-electron chi connectivity index (χ3n) is 6.51. The van der Waals surface area contributed by atoms with Crippen molar-refractivity contribution in [3.05, 3.63) is 53.3 Å². The van der Waals surface area contributed by atoms with Crippen molar-refractivity contribution in [2.75, 3.05) is 12.9 Å². The second-order valence-electron chi connectivity index (χ2n) is 8.83. The van der Waals surface area contributed by atoms with E-state index >= 15 is 0 Å². The van der Waals surface area contributed by atoms with Crippen molar-refractivity contribution in [3.63, 3.8) is 0 Å². The first kappa shape index (κ1) is 24.6. The van der Waals surface area contributed by atoms with Gasteiger partial charge in [0.25, 0.3) is 0 Å². The van der Waals surface area contributed by atoms with Crippen molar-refractivity contribution in [1.29, 1.82) is 0 Å². The maximum absolute atomic E-state index is 11.6. The van der Waals surface area contributed by atoms with Crippen molar-refractivity contribution in [2.24, 2.45) is 11.3 Å². The normalized spacial score (nSPS) is 23.2. The molecule has 0 aromatic heterocycles. The molecule has 3 rings (SSSR count). The molecular formula is C25H32O6S. The lowest BCUT2D eigenvalue weighted by Crippen LogP contribution is -2.38. The molecule has 1 aromatic rings. The van der Waals surface area contributed by atoms with Gasteiger partial charge in [-0.05, 0) is 54.5 Å². The minimum Gasteiger partial charge on any atom is -0.465 e. The van der Waals surface area contributed by atoms with Gasteiger partial charge in [-0.3, -0.25) is 4.79 Å². The van der Waals surface area contributed by atoms with Gasteiger partial charge in [-0.2, -0.15) is 0 Å². The molecule has 0 spiro atoms. The summed E-state index contributed by atoms with van der Waals surface area (Å²) in [5, 5.41) is 21.1. The summed E-state index contributed by atoms with van der Waals surface area (Å²) < 4.78 is 10.1. The third-order valence-corrected chi connectivity index (χ3v) is 7.57. The molecular weight excluding hydrogens is 428 g/mol. The van der Waals surface area contributed by atoms with E-state index in [-0.39, 0.29) is 23.7 Å². The summed E-state index contributed by atoms with van der Waals surface area (Å²) >= 11 is 1.54. The molecule has 1 saturated carbocycles. The van der Waals surface area contributed by atoms with E-state index < -0.39 is 18.2 Å². The van der Waals surface area contributed by atoms with Crippen molar-refractivity contribution >= 4 is 23.7 Å². The zero-order valence-corrected chi connectivity index (χ0v) is 19.7. The van der Waals surface area contributed by atoms with Gasteiger partial charge in [0, 0.05) is 29.9 Å². The minimum absolute atomic E-state index is 0.00752. The molecule has 0 amide bonds. The summed E-state index contributed by atoms with van der Waals surface area (Å²) in [4.78, 5) is 24.1. The Morgan fingerprint density at radius 2 is 1.97 bits per heavy atom. The Morgan fingerprint density at radius 3 is 2.53 bits per heavy atom.